The summed E-state index contributed by atoms with van der Waals surface area (Å²) in [6.07, 6.45) is 0. The van der Waals surface area contributed by atoms with Gasteiger partial charge in [-0.15, -0.1) is 0 Å². The molecule has 72 valence electrons. The van der Waals surface area contributed by atoms with Gasteiger partial charge in [-0.05, 0) is 12.1 Å². The molecule has 0 atom stereocenters. The van der Waals surface area contributed by atoms with Gasteiger partial charge in [0.25, 0.3) is 5.91 Å². The number of primary amides is 1. The zero-order valence-electron chi connectivity index (χ0n) is 7.47. The van der Waals surface area contributed by atoms with Crippen molar-refractivity contribution in [3.63, 3.8) is 0 Å². The first-order chi connectivity index (χ1) is 6.11. The second kappa shape index (κ2) is 5.24. The van der Waals surface area contributed by atoms with E-state index < -0.39 is 17.5 Å². The molecule has 0 saturated heterocycles. The largest absolute Gasteiger partial charge is 0.366 e. The Morgan fingerprint density at radius 3 is 2.23 bits per heavy atom. The van der Waals surface area contributed by atoms with Crippen molar-refractivity contribution < 1.29 is 13.6 Å². The highest BCUT2D eigenvalue weighted by molar-refractivity contribution is 5.92. The molecule has 2 N–H and O–H groups in total. The molecule has 1 rings (SSSR count). The van der Waals surface area contributed by atoms with Gasteiger partial charge in [0.15, 0.2) is 0 Å². The summed E-state index contributed by atoms with van der Waals surface area (Å²) in [6.45, 7) is 4.00. The predicted octanol–water partition coefficient (Wildman–Crippen LogP) is 2.09. The molecule has 0 aromatic heterocycles. The van der Waals surface area contributed by atoms with Crippen molar-refractivity contribution in [1.29, 1.82) is 0 Å². The van der Waals surface area contributed by atoms with Gasteiger partial charge < -0.3 is 5.73 Å². The SMILES string of the molecule is CC.NC(=O)c1ccc(F)cc1F. The number of benzene rings is 1. The number of nitrogens with two attached hydrogens (primary N) is 1. The summed E-state index contributed by atoms with van der Waals surface area (Å²) in [4.78, 5) is 10.4. The molecule has 0 saturated carbocycles. The van der Waals surface area contributed by atoms with Crippen LogP contribution in [0.25, 0.3) is 0 Å². The quantitative estimate of drug-likeness (QED) is 0.718. The first-order valence-corrected chi connectivity index (χ1v) is 3.86. The molecule has 0 aliphatic rings. The van der Waals surface area contributed by atoms with Crippen LogP contribution in [0, 0.1) is 11.6 Å². The Balaban J connectivity index is 0.000000671. The van der Waals surface area contributed by atoms with Crippen LogP contribution in [0.1, 0.15) is 24.2 Å². The Hall–Kier alpha value is -1.45. The first kappa shape index (κ1) is 11.6. The summed E-state index contributed by atoms with van der Waals surface area (Å²) in [5.74, 6) is -2.56. The zero-order valence-corrected chi connectivity index (χ0v) is 7.47. The number of halogens is 2. The molecule has 0 unspecified atom stereocenters. The number of hydrogen-bond donors (Lipinski definition) is 1. The second-order valence-corrected chi connectivity index (χ2v) is 1.99. The maximum atomic E-state index is 12.6. The molecule has 0 heterocycles. The average Bonchev–Trinajstić information content (AvgIpc) is 2.07. The molecule has 4 heteroatoms. The van der Waals surface area contributed by atoms with Crippen molar-refractivity contribution in [3.8, 4) is 0 Å². The molecule has 0 spiro atoms. The third-order valence-corrected chi connectivity index (χ3v) is 1.20. The highest BCUT2D eigenvalue weighted by Gasteiger charge is 2.07. The fraction of sp³-hybridized carbons (Fsp3) is 0.222. The number of carbonyl (C=O) groups excluding carboxylic acids is 1. The molecule has 13 heavy (non-hydrogen) atoms. The lowest BCUT2D eigenvalue weighted by Gasteiger charge is -1.95. The number of amides is 1. The predicted molar refractivity (Wildman–Crippen MR) is 46.2 cm³/mol. The van der Waals surface area contributed by atoms with E-state index in [0.717, 1.165) is 12.1 Å². The van der Waals surface area contributed by atoms with Crippen LogP contribution in [-0.2, 0) is 0 Å². The molecule has 2 nitrogen and oxygen atoms in total. The molecule has 0 fully saturated rings. The molecular formula is C9H11F2NO. The topological polar surface area (TPSA) is 43.1 Å². The monoisotopic (exact) mass is 187 g/mol. The molecule has 0 bridgehead atoms. The summed E-state index contributed by atoms with van der Waals surface area (Å²) in [6, 6.07) is 2.59. The van der Waals surface area contributed by atoms with E-state index in [4.69, 9.17) is 5.73 Å². The minimum atomic E-state index is -0.933. The fourth-order valence-electron chi connectivity index (χ4n) is 0.689. The van der Waals surface area contributed by atoms with Gasteiger partial charge in [-0.25, -0.2) is 8.78 Å². The molecule has 1 aromatic rings. The number of hydrogen-bond acceptors (Lipinski definition) is 1. The molecule has 0 radical (unpaired) electrons. The van der Waals surface area contributed by atoms with Gasteiger partial charge in [-0.1, -0.05) is 13.8 Å². The summed E-state index contributed by atoms with van der Waals surface area (Å²) >= 11 is 0. The highest BCUT2D eigenvalue weighted by atomic mass is 19.1. The van der Waals surface area contributed by atoms with Crippen molar-refractivity contribution in [2.45, 2.75) is 13.8 Å². The van der Waals surface area contributed by atoms with Crippen molar-refractivity contribution in [2.75, 3.05) is 0 Å². The van der Waals surface area contributed by atoms with Gasteiger partial charge in [0.05, 0.1) is 5.56 Å². The smallest absolute Gasteiger partial charge is 0.251 e. The van der Waals surface area contributed by atoms with Crippen LogP contribution in [0.4, 0.5) is 8.78 Å². The molecular weight excluding hydrogens is 176 g/mol. The zero-order chi connectivity index (χ0) is 10.4. The van der Waals surface area contributed by atoms with Crippen molar-refractivity contribution in [3.05, 3.63) is 35.4 Å². The number of carbonyl (C=O) groups is 1. The van der Waals surface area contributed by atoms with E-state index in [1.165, 1.54) is 0 Å². The maximum absolute atomic E-state index is 12.6. The maximum Gasteiger partial charge on any atom is 0.251 e. The van der Waals surface area contributed by atoms with Crippen LogP contribution in [0.3, 0.4) is 0 Å². The molecule has 1 aromatic carbocycles. The lowest BCUT2D eigenvalue weighted by atomic mass is 10.2. The minimum absolute atomic E-state index is 0.300. The van der Waals surface area contributed by atoms with Crippen molar-refractivity contribution in [2.24, 2.45) is 5.73 Å². The molecule has 0 aliphatic heterocycles. The number of rotatable bonds is 1. The fourth-order valence-corrected chi connectivity index (χ4v) is 0.689. The molecule has 1 amide bonds. The van der Waals surface area contributed by atoms with Gasteiger partial charge in [0.2, 0.25) is 0 Å². The van der Waals surface area contributed by atoms with Crippen LogP contribution in [0.2, 0.25) is 0 Å². The van der Waals surface area contributed by atoms with E-state index in [0.29, 0.717) is 6.07 Å². The summed E-state index contributed by atoms with van der Waals surface area (Å²) in [5, 5.41) is 0. The van der Waals surface area contributed by atoms with Gasteiger partial charge in [-0.2, -0.15) is 0 Å². The Bertz CT molecular complexity index is 300. The second-order valence-electron chi connectivity index (χ2n) is 1.99. The summed E-state index contributed by atoms with van der Waals surface area (Å²) in [5.41, 5.74) is 4.46. The minimum Gasteiger partial charge on any atom is -0.366 e. The first-order valence-electron chi connectivity index (χ1n) is 3.86. The normalized spacial score (nSPS) is 8.62. The average molecular weight is 187 g/mol. The van der Waals surface area contributed by atoms with Crippen LogP contribution >= 0.6 is 0 Å². The summed E-state index contributed by atoms with van der Waals surface area (Å²) in [7, 11) is 0. The third-order valence-electron chi connectivity index (χ3n) is 1.20. The van der Waals surface area contributed by atoms with E-state index in [1.54, 1.807) is 0 Å². The Labute approximate surface area is 75.4 Å². The van der Waals surface area contributed by atoms with Crippen molar-refractivity contribution in [1.82, 2.24) is 0 Å². The summed E-state index contributed by atoms with van der Waals surface area (Å²) < 4.78 is 24.8. The standard InChI is InChI=1S/C7H5F2NO.C2H6/c8-4-1-2-5(7(10)11)6(9)3-4;1-2/h1-3H,(H2,10,11);1-2H3. The highest BCUT2D eigenvalue weighted by Crippen LogP contribution is 2.07. The third kappa shape index (κ3) is 3.19. The van der Waals surface area contributed by atoms with E-state index in [-0.39, 0.29) is 5.56 Å². The lowest BCUT2D eigenvalue weighted by molar-refractivity contribution is 0.0996. The van der Waals surface area contributed by atoms with E-state index >= 15 is 0 Å². The van der Waals surface area contributed by atoms with E-state index in [1.807, 2.05) is 13.8 Å². The van der Waals surface area contributed by atoms with Gasteiger partial charge in [0.1, 0.15) is 11.6 Å². The van der Waals surface area contributed by atoms with E-state index in [9.17, 15) is 13.6 Å². The van der Waals surface area contributed by atoms with Crippen LogP contribution < -0.4 is 5.73 Å². The Kier molecular flexibility index (Phi) is 4.66. The Morgan fingerprint density at radius 2 is 1.85 bits per heavy atom. The molecule has 0 aliphatic carbocycles. The van der Waals surface area contributed by atoms with Gasteiger partial charge in [0, 0.05) is 6.07 Å². The van der Waals surface area contributed by atoms with E-state index in [2.05, 4.69) is 0 Å². The van der Waals surface area contributed by atoms with Gasteiger partial charge >= 0.3 is 0 Å². The lowest BCUT2D eigenvalue weighted by Crippen LogP contribution is -2.12. The van der Waals surface area contributed by atoms with Crippen LogP contribution in [0.15, 0.2) is 18.2 Å². The Morgan fingerprint density at radius 1 is 1.31 bits per heavy atom. The van der Waals surface area contributed by atoms with Gasteiger partial charge in [-0.3, -0.25) is 4.79 Å². The van der Waals surface area contributed by atoms with Crippen molar-refractivity contribution >= 4 is 5.91 Å². The van der Waals surface area contributed by atoms with Crippen LogP contribution in [0.5, 0.6) is 0 Å². The van der Waals surface area contributed by atoms with Crippen LogP contribution in [-0.4, -0.2) is 5.91 Å².